The Labute approximate surface area is 346 Å². The van der Waals surface area contributed by atoms with Crippen molar-refractivity contribution >= 4 is 44.6 Å². The SMILES string of the molecule is COc1cc2nc(-c3ccccc3)cc3c2cc1CCCCCCCC(=O)N[C@H]1CCCCC/C=C\[C@H]2C[C@@]2(C(=O)NS(=O)(=O)C2CC2)NC(=O)[C@@H]2C[C@H](CN2C1=O)O3. The topological polar surface area (TPSA) is 173 Å². The third-order valence-corrected chi connectivity index (χ3v) is 14.4. The van der Waals surface area contributed by atoms with Gasteiger partial charge in [-0.15, -0.1) is 0 Å². The molecule has 314 valence electrons. The lowest BCUT2D eigenvalue weighted by atomic mass is 10.0. The second-order valence-electron chi connectivity index (χ2n) is 16.9. The third kappa shape index (κ3) is 9.12. The fourth-order valence-electron chi connectivity index (χ4n) is 8.93. The monoisotopic (exact) mass is 825 g/mol. The van der Waals surface area contributed by atoms with Gasteiger partial charge in [-0.05, 0) is 69.4 Å². The molecule has 1 saturated heterocycles. The largest absolute Gasteiger partial charge is 0.496 e. The number of nitrogens with one attached hydrogen (secondary N) is 3. The number of pyridine rings is 1. The number of carbonyl (C=O) groups excluding carboxylic acids is 4. The van der Waals surface area contributed by atoms with E-state index in [1.807, 2.05) is 54.6 Å². The van der Waals surface area contributed by atoms with E-state index in [2.05, 4.69) is 21.4 Å². The van der Waals surface area contributed by atoms with Gasteiger partial charge in [0.1, 0.15) is 35.2 Å². The molecule has 5 bridgehead atoms. The van der Waals surface area contributed by atoms with Crippen LogP contribution in [0.5, 0.6) is 11.5 Å². The van der Waals surface area contributed by atoms with Gasteiger partial charge in [0.25, 0.3) is 5.91 Å². The first kappa shape index (κ1) is 40.8. The van der Waals surface area contributed by atoms with E-state index in [4.69, 9.17) is 14.5 Å². The molecule has 4 amide bonds. The van der Waals surface area contributed by atoms with Crippen LogP contribution in [0.25, 0.3) is 22.2 Å². The second kappa shape index (κ2) is 17.3. The average Bonchev–Trinajstić information content (AvgIpc) is 4.15. The Morgan fingerprint density at radius 2 is 1.71 bits per heavy atom. The lowest BCUT2D eigenvalue weighted by Gasteiger charge is -2.30. The van der Waals surface area contributed by atoms with Crippen LogP contribution in [0, 0.1) is 5.92 Å². The zero-order chi connectivity index (χ0) is 41.1. The highest BCUT2D eigenvalue weighted by molar-refractivity contribution is 7.91. The maximum atomic E-state index is 14.8. The molecule has 2 saturated carbocycles. The summed E-state index contributed by atoms with van der Waals surface area (Å²) in [5.74, 6) is -1.03. The maximum absolute atomic E-state index is 14.8. The summed E-state index contributed by atoms with van der Waals surface area (Å²) in [6, 6.07) is 13.8. The van der Waals surface area contributed by atoms with E-state index in [9.17, 15) is 27.6 Å². The van der Waals surface area contributed by atoms with Crippen molar-refractivity contribution in [2.24, 2.45) is 5.92 Å². The van der Waals surface area contributed by atoms with Crippen molar-refractivity contribution in [3.8, 4) is 22.8 Å². The molecule has 0 unspecified atom stereocenters. The van der Waals surface area contributed by atoms with E-state index in [-0.39, 0.29) is 31.2 Å². The van der Waals surface area contributed by atoms with Gasteiger partial charge in [-0.3, -0.25) is 23.9 Å². The molecular formula is C45H55N5O8S. The standard InChI is InChI=1S/C45H55N5O8S/c1-57-39-26-37-34-23-30(39)17-9-4-2-7-14-20-41(51)47-35-19-13-6-3-5-12-18-31-27-45(31,44(54)49-59(55,56)33-21-22-33)48-42(52)38-24-32(28-50(38)43(35)53)58-40(34)25-36(46-37)29-15-10-8-11-16-29/h8,10-12,15-16,18,23,25-26,31-33,35,38H,2-7,9,13-14,17,19-22,24,27-28H2,1H3,(H,47,51)(H,48,52)(H,49,54)/b18-12-/t31-,32+,35-,38-,45+/m0/s1. The molecule has 5 aliphatic rings. The van der Waals surface area contributed by atoms with Crippen molar-refractivity contribution < 1.29 is 37.1 Å². The molecule has 3 N–H and O–H groups in total. The van der Waals surface area contributed by atoms with E-state index in [0.29, 0.717) is 55.5 Å². The van der Waals surface area contributed by atoms with Gasteiger partial charge in [0.2, 0.25) is 27.7 Å². The highest BCUT2D eigenvalue weighted by Gasteiger charge is 2.62. The molecule has 8 rings (SSSR count). The molecule has 3 aliphatic heterocycles. The number of rotatable bonds is 5. The number of carbonyl (C=O) groups is 4. The molecule has 0 radical (unpaired) electrons. The highest BCUT2D eigenvalue weighted by atomic mass is 32.2. The van der Waals surface area contributed by atoms with Crippen LogP contribution in [0.3, 0.4) is 0 Å². The van der Waals surface area contributed by atoms with E-state index >= 15 is 0 Å². The van der Waals surface area contributed by atoms with Gasteiger partial charge in [0.15, 0.2) is 0 Å². The van der Waals surface area contributed by atoms with Gasteiger partial charge in [0, 0.05) is 41.8 Å². The first-order valence-electron chi connectivity index (χ1n) is 21.4. The highest BCUT2D eigenvalue weighted by Crippen LogP contribution is 2.46. The number of methoxy groups -OCH3 is 1. The summed E-state index contributed by atoms with van der Waals surface area (Å²) in [5, 5.41) is 6.15. The Hall–Kier alpha value is -4.98. The van der Waals surface area contributed by atoms with Crippen molar-refractivity contribution in [2.45, 2.75) is 132 Å². The van der Waals surface area contributed by atoms with Gasteiger partial charge in [-0.2, -0.15) is 0 Å². The number of fused-ring (bicyclic) bond motifs is 4. The zero-order valence-electron chi connectivity index (χ0n) is 33.7. The van der Waals surface area contributed by atoms with Gasteiger partial charge in [0.05, 0.1) is 30.1 Å². The van der Waals surface area contributed by atoms with E-state index < -0.39 is 56.7 Å². The number of hydrogen-bond donors (Lipinski definition) is 3. The van der Waals surface area contributed by atoms with Crippen molar-refractivity contribution in [1.82, 2.24) is 25.2 Å². The number of benzene rings is 2. The molecule has 2 aromatic carbocycles. The van der Waals surface area contributed by atoms with Crippen LogP contribution >= 0.6 is 0 Å². The number of ether oxygens (including phenoxy) is 2. The average molecular weight is 826 g/mol. The van der Waals surface area contributed by atoms with Crippen LogP contribution < -0.4 is 24.8 Å². The molecule has 14 heteroatoms. The van der Waals surface area contributed by atoms with Crippen LogP contribution in [0.2, 0.25) is 0 Å². The summed E-state index contributed by atoms with van der Waals surface area (Å²) < 4.78 is 40.9. The van der Waals surface area contributed by atoms with Gasteiger partial charge < -0.3 is 25.0 Å². The lowest BCUT2D eigenvalue weighted by molar-refractivity contribution is -0.142. The first-order chi connectivity index (χ1) is 28.5. The summed E-state index contributed by atoms with van der Waals surface area (Å²) in [5.41, 5.74) is 1.80. The molecule has 59 heavy (non-hydrogen) atoms. The van der Waals surface area contributed by atoms with Gasteiger partial charge >= 0.3 is 0 Å². The van der Waals surface area contributed by atoms with Crippen LogP contribution in [0.1, 0.15) is 102 Å². The molecule has 3 aromatic rings. The smallest absolute Gasteiger partial charge is 0.259 e. The summed E-state index contributed by atoms with van der Waals surface area (Å²) in [7, 11) is -2.23. The fourth-order valence-corrected chi connectivity index (χ4v) is 10.3. The number of amides is 4. The minimum atomic E-state index is -3.89. The number of aryl methyl sites for hydroxylation is 1. The predicted molar refractivity (Wildman–Crippen MR) is 223 cm³/mol. The maximum Gasteiger partial charge on any atom is 0.259 e. The first-order valence-corrected chi connectivity index (χ1v) is 23.0. The molecular weight excluding hydrogens is 771 g/mol. The van der Waals surface area contributed by atoms with Gasteiger partial charge in [-0.25, -0.2) is 13.4 Å². The minimum absolute atomic E-state index is 0.0510. The predicted octanol–water partition coefficient (Wildman–Crippen LogP) is 5.64. The third-order valence-electron chi connectivity index (χ3n) is 12.6. The normalized spacial score (nSPS) is 27.7. The van der Waals surface area contributed by atoms with Crippen LogP contribution in [-0.2, 0) is 35.6 Å². The Bertz CT molecular complexity index is 2230. The number of aromatic nitrogens is 1. The Balaban J connectivity index is 1.18. The fraction of sp³-hybridized carbons (Fsp3) is 0.533. The van der Waals surface area contributed by atoms with Crippen molar-refractivity contribution in [2.75, 3.05) is 13.7 Å². The van der Waals surface area contributed by atoms with Gasteiger partial charge in [-0.1, -0.05) is 74.6 Å². The summed E-state index contributed by atoms with van der Waals surface area (Å²) in [6.07, 6.45) is 13.6. The van der Waals surface area contributed by atoms with Crippen LogP contribution in [0.4, 0.5) is 0 Å². The summed E-state index contributed by atoms with van der Waals surface area (Å²) in [4.78, 5) is 63.2. The lowest BCUT2D eigenvalue weighted by Crippen LogP contribution is -2.58. The molecule has 0 spiro atoms. The Kier molecular flexibility index (Phi) is 12.0. The quantitative estimate of drug-likeness (QED) is 0.275. The molecule has 3 fully saturated rings. The molecule has 2 aliphatic carbocycles. The van der Waals surface area contributed by atoms with E-state index in [1.165, 1.54) is 4.90 Å². The number of hydrogen-bond acceptors (Lipinski definition) is 9. The number of sulfonamides is 1. The second-order valence-corrected chi connectivity index (χ2v) is 18.9. The Morgan fingerprint density at radius 1 is 0.949 bits per heavy atom. The zero-order valence-corrected chi connectivity index (χ0v) is 34.6. The molecule has 13 nitrogen and oxygen atoms in total. The van der Waals surface area contributed by atoms with Crippen molar-refractivity contribution in [3.05, 3.63) is 66.2 Å². The number of allylic oxidation sites excluding steroid dienone is 1. The van der Waals surface area contributed by atoms with Crippen molar-refractivity contribution in [3.63, 3.8) is 0 Å². The number of nitrogens with zero attached hydrogens (tertiary/aromatic N) is 2. The minimum Gasteiger partial charge on any atom is -0.496 e. The Morgan fingerprint density at radius 3 is 2.49 bits per heavy atom. The van der Waals surface area contributed by atoms with E-state index in [0.717, 1.165) is 73.6 Å². The molecule has 4 heterocycles. The molecule has 1 aromatic heterocycles. The summed E-state index contributed by atoms with van der Waals surface area (Å²) >= 11 is 0. The molecule has 5 atom stereocenters. The van der Waals surface area contributed by atoms with Crippen molar-refractivity contribution in [1.29, 1.82) is 0 Å². The summed E-state index contributed by atoms with van der Waals surface area (Å²) in [6.45, 7) is 0.0510. The van der Waals surface area contributed by atoms with Crippen LogP contribution in [0.15, 0.2) is 60.7 Å². The van der Waals surface area contributed by atoms with E-state index in [1.54, 1.807) is 7.11 Å². The van der Waals surface area contributed by atoms with Crippen LogP contribution in [-0.4, -0.2) is 84.6 Å².